The molecule has 44 valence electrons. The fourth-order valence-corrected chi connectivity index (χ4v) is 0.346. The van der Waals surface area contributed by atoms with E-state index >= 15 is 0 Å². The van der Waals surface area contributed by atoms with E-state index in [9.17, 15) is 0 Å². The third-order valence-electron chi connectivity index (χ3n) is 1.19. The molecule has 0 fully saturated rings. The minimum absolute atomic E-state index is 1.01. The maximum Gasteiger partial charge on any atom is -0.0309 e. The van der Waals surface area contributed by atoms with Crippen LogP contribution in [0.25, 0.3) is 0 Å². The Balaban J connectivity index is 4.03. The van der Waals surface area contributed by atoms with Crippen LogP contribution in [0.3, 0.4) is 0 Å². The topological polar surface area (TPSA) is 0 Å². The monoisotopic (exact) mass is 108 g/mol. The number of allylic oxidation sites excluding steroid dienone is 4. The fourth-order valence-electron chi connectivity index (χ4n) is 0.346. The van der Waals surface area contributed by atoms with E-state index in [1.165, 1.54) is 5.57 Å². The van der Waals surface area contributed by atoms with Crippen LogP contribution < -0.4 is 0 Å². The molecule has 0 atom stereocenters. The summed E-state index contributed by atoms with van der Waals surface area (Å²) in [4.78, 5) is 0. The third-order valence-corrected chi connectivity index (χ3v) is 1.19. The van der Waals surface area contributed by atoms with Crippen molar-refractivity contribution >= 4 is 0 Å². The van der Waals surface area contributed by atoms with Gasteiger partial charge >= 0.3 is 0 Å². The Morgan fingerprint density at radius 2 is 2.00 bits per heavy atom. The lowest BCUT2D eigenvalue weighted by molar-refractivity contribution is 1.42. The van der Waals surface area contributed by atoms with Gasteiger partial charge in [0.2, 0.25) is 0 Å². The van der Waals surface area contributed by atoms with Crippen molar-refractivity contribution in [1.82, 2.24) is 0 Å². The van der Waals surface area contributed by atoms with Gasteiger partial charge < -0.3 is 0 Å². The molecule has 0 rings (SSSR count). The largest absolute Gasteiger partial charge is 0.0985 e. The van der Waals surface area contributed by atoms with Crippen LogP contribution in [0.15, 0.2) is 36.5 Å². The first-order valence-corrected chi connectivity index (χ1v) is 2.67. The molecule has 0 bridgehead atoms. The highest BCUT2D eigenvalue weighted by Gasteiger charge is 1.84. The summed E-state index contributed by atoms with van der Waals surface area (Å²) >= 11 is 0. The second-order valence-corrected chi connectivity index (χ2v) is 1.70. The van der Waals surface area contributed by atoms with E-state index in [1.807, 2.05) is 19.9 Å². The summed E-state index contributed by atoms with van der Waals surface area (Å²) in [6.45, 7) is 11.4. The predicted molar refractivity (Wildman–Crippen MR) is 38.8 cm³/mol. The molecule has 0 N–H and O–H groups in total. The highest BCUT2D eigenvalue weighted by molar-refractivity contribution is 5.33. The molecular weight excluding hydrogens is 96.1 g/mol. The zero-order valence-corrected chi connectivity index (χ0v) is 5.57. The molecule has 0 aromatic carbocycles. The van der Waals surface area contributed by atoms with Crippen LogP contribution in [0, 0.1) is 0 Å². The van der Waals surface area contributed by atoms with E-state index in [2.05, 4.69) is 13.2 Å². The first-order chi connectivity index (χ1) is 3.72. The van der Waals surface area contributed by atoms with Gasteiger partial charge in [0, 0.05) is 0 Å². The van der Waals surface area contributed by atoms with Crippen LogP contribution in [0.5, 0.6) is 0 Å². The van der Waals surface area contributed by atoms with Gasteiger partial charge in [-0.15, -0.1) is 0 Å². The highest BCUT2D eigenvalue weighted by atomic mass is 13.9. The van der Waals surface area contributed by atoms with Crippen molar-refractivity contribution < 1.29 is 0 Å². The van der Waals surface area contributed by atoms with Crippen molar-refractivity contribution in [3.8, 4) is 0 Å². The molecule has 0 aliphatic heterocycles. The van der Waals surface area contributed by atoms with Crippen LogP contribution in [0.2, 0.25) is 0 Å². The minimum Gasteiger partial charge on any atom is -0.0985 e. The summed E-state index contributed by atoms with van der Waals surface area (Å²) in [6, 6.07) is 0. The quantitative estimate of drug-likeness (QED) is 0.477. The molecule has 0 aliphatic carbocycles. The van der Waals surface area contributed by atoms with Crippen LogP contribution in [-0.2, 0) is 0 Å². The van der Waals surface area contributed by atoms with E-state index in [-0.39, 0.29) is 0 Å². The van der Waals surface area contributed by atoms with Crippen LogP contribution in [0.1, 0.15) is 13.8 Å². The number of hydrogen-bond acceptors (Lipinski definition) is 0. The summed E-state index contributed by atoms with van der Waals surface area (Å²) in [5, 5.41) is 0. The average Bonchev–Trinajstić information content (AvgIpc) is 1.84. The maximum atomic E-state index is 3.76. The summed E-state index contributed by atoms with van der Waals surface area (Å²) < 4.78 is 0. The molecule has 0 heteroatoms. The van der Waals surface area contributed by atoms with E-state index in [4.69, 9.17) is 0 Å². The lowest BCUT2D eigenvalue weighted by Crippen LogP contribution is -1.73. The van der Waals surface area contributed by atoms with Gasteiger partial charge in [-0.05, 0) is 25.0 Å². The number of hydrogen-bond donors (Lipinski definition) is 0. The predicted octanol–water partition coefficient (Wildman–Crippen LogP) is 2.69. The van der Waals surface area contributed by atoms with Crippen molar-refractivity contribution in [2.45, 2.75) is 13.8 Å². The summed E-state index contributed by atoms with van der Waals surface area (Å²) in [6.07, 6.45) is 3.78. The lowest BCUT2D eigenvalue weighted by atomic mass is 10.1. The van der Waals surface area contributed by atoms with Gasteiger partial charge in [0.25, 0.3) is 0 Å². The molecule has 0 aromatic heterocycles. The molecule has 0 aromatic rings. The standard InChI is InChI=1S/C8H12/c1-5-7(3)8(4)6-2/h5-6H,1,3H2,2,4H3/b8-6-. The van der Waals surface area contributed by atoms with Gasteiger partial charge in [-0.2, -0.15) is 0 Å². The average molecular weight is 108 g/mol. The van der Waals surface area contributed by atoms with Crippen molar-refractivity contribution in [3.63, 3.8) is 0 Å². The highest BCUT2D eigenvalue weighted by Crippen LogP contribution is 2.05. The van der Waals surface area contributed by atoms with Gasteiger partial charge in [0.05, 0.1) is 0 Å². The third kappa shape index (κ3) is 1.78. The Morgan fingerprint density at radius 3 is 2.12 bits per heavy atom. The molecular formula is C8H12. The first kappa shape index (κ1) is 7.22. The van der Waals surface area contributed by atoms with Crippen molar-refractivity contribution in [2.24, 2.45) is 0 Å². The molecule has 0 saturated heterocycles. The van der Waals surface area contributed by atoms with E-state index in [0.29, 0.717) is 0 Å². The van der Waals surface area contributed by atoms with Gasteiger partial charge in [-0.25, -0.2) is 0 Å². The van der Waals surface area contributed by atoms with Gasteiger partial charge in [-0.1, -0.05) is 25.3 Å². The van der Waals surface area contributed by atoms with Gasteiger partial charge in [-0.3, -0.25) is 0 Å². The Labute approximate surface area is 51.2 Å². The summed E-state index contributed by atoms with van der Waals surface area (Å²) in [5.74, 6) is 0. The summed E-state index contributed by atoms with van der Waals surface area (Å²) in [5.41, 5.74) is 2.20. The molecule has 0 aliphatic rings. The molecule has 0 nitrogen and oxygen atoms in total. The molecule has 0 saturated carbocycles. The first-order valence-electron chi connectivity index (χ1n) is 2.67. The summed E-state index contributed by atoms with van der Waals surface area (Å²) in [7, 11) is 0. The minimum atomic E-state index is 1.01. The molecule has 0 unspecified atom stereocenters. The molecule has 0 spiro atoms. The fraction of sp³-hybridized carbons (Fsp3) is 0.250. The van der Waals surface area contributed by atoms with Gasteiger partial charge in [0.1, 0.15) is 0 Å². The van der Waals surface area contributed by atoms with Crippen molar-refractivity contribution in [3.05, 3.63) is 36.5 Å². The van der Waals surface area contributed by atoms with E-state index in [0.717, 1.165) is 5.57 Å². The van der Waals surface area contributed by atoms with Crippen LogP contribution in [0.4, 0.5) is 0 Å². The van der Waals surface area contributed by atoms with Crippen LogP contribution in [-0.4, -0.2) is 0 Å². The Bertz CT molecular complexity index is 127. The molecule has 0 radical (unpaired) electrons. The van der Waals surface area contributed by atoms with Crippen molar-refractivity contribution in [1.29, 1.82) is 0 Å². The zero-order chi connectivity index (χ0) is 6.57. The zero-order valence-electron chi connectivity index (χ0n) is 5.57. The molecule has 0 heterocycles. The van der Waals surface area contributed by atoms with Crippen LogP contribution >= 0.6 is 0 Å². The normalized spacial score (nSPS) is 11.0. The number of rotatable bonds is 2. The molecule has 0 amide bonds. The Kier molecular flexibility index (Phi) is 2.93. The second-order valence-electron chi connectivity index (χ2n) is 1.70. The van der Waals surface area contributed by atoms with Gasteiger partial charge in [0.15, 0.2) is 0 Å². The lowest BCUT2D eigenvalue weighted by Gasteiger charge is -1.94. The van der Waals surface area contributed by atoms with E-state index < -0.39 is 0 Å². The molecule has 8 heavy (non-hydrogen) atoms. The SMILES string of the molecule is C=CC(=C)/C(C)=C\C. The Morgan fingerprint density at radius 1 is 1.50 bits per heavy atom. The second kappa shape index (κ2) is 3.25. The van der Waals surface area contributed by atoms with Crippen molar-refractivity contribution in [2.75, 3.05) is 0 Å². The Hall–Kier alpha value is -0.780. The van der Waals surface area contributed by atoms with E-state index in [1.54, 1.807) is 6.08 Å². The maximum absolute atomic E-state index is 3.76. The smallest absolute Gasteiger partial charge is 0.0309 e.